The highest BCUT2D eigenvalue weighted by atomic mass is 35.5. The summed E-state index contributed by atoms with van der Waals surface area (Å²) >= 11 is 6.01. The van der Waals surface area contributed by atoms with E-state index in [0.717, 1.165) is 30.1 Å². The summed E-state index contributed by atoms with van der Waals surface area (Å²) in [4.78, 5) is 36.8. The van der Waals surface area contributed by atoms with Crippen molar-refractivity contribution in [1.82, 2.24) is 4.90 Å². The Morgan fingerprint density at radius 1 is 1.29 bits per heavy atom. The summed E-state index contributed by atoms with van der Waals surface area (Å²) in [6, 6.07) is 0. The third-order valence-corrected chi connectivity index (χ3v) is 4.53. The van der Waals surface area contributed by atoms with Crippen LogP contribution in [0.5, 0.6) is 0 Å². The summed E-state index contributed by atoms with van der Waals surface area (Å²) < 4.78 is 19.1. The average molecular weight is 352 g/mol. The molecule has 0 aromatic heterocycles. The lowest BCUT2D eigenvalue weighted by molar-refractivity contribution is -0.136. The van der Waals surface area contributed by atoms with Crippen LogP contribution in [0.3, 0.4) is 0 Å². The Hall–Kier alpha value is -2.21. The molecular weight excluding hydrogens is 337 g/mol. The highest BCUT2D eigenvalue weighted by Crippen LogP contribution is 2.38. The predicted molar refractivity (Wildman–Crippen MR) is 84.1 cm³/mol. The van der Waals surface area contributed by atoms with Crippen molar-refractivity contribution in [3.05, 3.63) is 46.7 Å². The Balaban J connectivity index is 1.96. The van der Waals surface area contributed by atoms with E-state index in [1.54, 1.807) is 0 Å². The van der Waals surface area contributed by atoms with Crippen LogP contribution in [0.1, 0.15) is 32.6 Å². The second kappa shape index (κ2) is 6.36. The van der Waals surface area contributed by atoms with Crippen molar-refractivity contribution in [1.29, 1.82) is 0 Å². The van der Waals surface area contributed by atoms with Crippen LogP contribution in [0.4, 0.5) is 4.39 Å². The van der Waals surface area contributed by atoms with Crippen LogP contribution in [0.25, 0.3) is 0 Å². The molecule has 0 saturated carbocycles. The van der Waals surface area contributed by atoms with Gasteiger partial charge in [0.05, 0.1) is 17.3 Å². The number of carbonyl (C=O) groups excluding carboxylic acids is 3. The lowest BCUT2D eigenvalue weighted by atomic mass is 9.93. The van der Waals surface area contributed by atoms with Gasteiger partial charge in [0.15, 0.2) is 0 Å². The molecule has 0 N–H and O–H groups in total. The van der Waals surface area contributed by atoms with E-state index in [9.17, 15) is 18.8 Å². The van der Waals surface area contributed by atoms with E-state index in [1.807, 2.05) is 0 Å². The average Bonchev–Trinajstić information content (AvgIpc) is 2.79. The Morgan fingerprint density at radius 3 is 2.42 bits per heavy atom. The van der Waals surface area contributed by atoms with Crippen molar-refractivity contribution in [2.75, 3.05) is 0 Å². The number of nitrogens with zero attached hydrogens (tertiary/aromatic N) is 1. The number of rotatable bonds is 2. The largest absolute Gasteiger partial charge is 0.434 e. The van der Waals surface area contributed by atoms with E-state index < -0.39 is 29.0 Å². The van der Waals surface area contributed by atoms with Gasteiger partial charge in [0, 0.05) is 23.6 Å². The zero-order valence-electron chi connectivity index (χ0n) is 13.0. The lowest BCUT2D eigenvalue weighted by Gasteiger charge is -2.22. The van der Waals surface area contributed by atoms with Crippen molar-refractivity contribution in [3.8, 4) is 0 Å². The molecule has 3 aliphatic rings. The molecule has 0 aromatic carbocycles. The molecule has 5 nitrogen and oxygen atoms in total. The summed E-state index contributed by atoms with van der Waals surface area (Å²) in [7, 11) is 0. The van der Waals surface area contributed by atoms with E-state index in [-0.39, 0.29) is 11.3 Å². The molecule has 0 saturated heterocycles. The second-order valence-corrected chi connectivity index (χ2v) is 6.25. The van der Waals surface area contributed by atoms with Gasteiger partial charge in [-0.05, 0) is 37.8 Å². The maximum Gasteiger partial charge on any atom is 0.307 e. The number of halogens is 2. The molecule has 24 heavy (non-hydrogen) atoms. The monoisotopic (exact) mass is 351 g/mol. The molecule has 2 amide bonds. The fourth-order valence-electron chi connectivity index (χ4n) is 3.00. The standard InChI is InChI=1S/C17H15ClFNO4/c1-9(21)24-8-10-6-15(14(19)7-13(10)18)20-16(22)11-4-2-3-5-12(11)17(20)23/h6-8,13H,2-5H2,1H3. The summed E-state index contributed by atoms with van der Waals surface area (Å²) in [5.74, 6) is -2.27. The topological polar surface area (TPSA) is 63.7 Å². The minimum Gasteiger partial charge on any atom is -0.434 e. The molecule has 1 heterocycles. The highest BCUT2D eigenvalue weighted by Gasteiger charge is 2.42. The first kappa shape index (κ1) is 16.6. The van der Waals surface area contributed by atoms with Crippen LogP contribution < -0.4 is 0 Å². The SMILES string of the molecule is CC(=O)OC=C1C=C(N2C(=O)C3=C(CCCC3)C2=O)C(F)=CC1Cl. The Morgan fingerprint density at radius 2 is 1.88 bits per heavy atom. The molecule has 2 aliphatic carbocycles. The molecule has 1 aliphatic heterocycles. The maximum absolute atomic E-state index is 14.4. The number of amides is 2. The third kappa shape index (κ3) is 2.82. The Kier molecular flexibility index (Phi) is 4.41. The summed E-state index contributed by atoms with van der Waals surface area (Å²) in [5.41, 5.74) is 1.06. The minimum absolute atomic E-state index is 0.172. The number of carbonyl (C=O) groups is 3. The summed E-state index contributed by atoms with van der Waals surface area (Å²) in [5, 5.41) is -0.858. The van der Waals surface area contributed by atoms with Gasteiger partial charge in [-0.15, -0.1) is 11.6 Å². The zero-order chi connectivity index (χ0) is 17.4. The molecule has 0 fully saturated rings. The number of imide groups is 1. The van der Waals surface area contributed by atoms with Crippen LogP contribution in [0, 0.1) is 0 Å². The smallest absolute Gasteiger partial charge is 0.307 e. The first-order valence-corrected chi connectivity index (χ1v) is 8.05. The number of alkyl halides is 1. The van der Waals surface area contributed by atoms with Gasteiger partial charge in [0.25, 0.3) is 11.8 Å². The number of esters is 1. The van der Waals surface area contributed by atoms with Gasteiger partial charge in [-0.3, -0.25) is 14.4 Å². The van der Waals surface area contributed by atoms with Gasteiger partial charge in [-0.2, -0.15) is 0 Å². The van der Waals surface area contributed by atoms with E-state index in [2.05, 4.69) is 0 Å². The predicted octanol–water partition coefficient (Wildman–Crippen LogP) is 3.03. The molecule has 7 heteroatoms. The van der Waals surface area contributed by atoms with Crippen molar-refractivity contribution in [2.24, 2.45) is 0 Å². The molecule has 0 spiro atoms. The van der Waals surface area contributed by atoms with Crippen molar-refractivity contribution in [3.63, 3.8) is 0 Å². The Bertz CT molecular complexity index is 735. The van der Waals surface area contributed by atoms with Gasteiger partial charge in [-0.1, -0.05) is 0 Å². The number of ether oxygens (including phenoxy) is 1. The van der Waals surface area contributed by atoms with Crippen molar-refractivity contribution in [2.45, 2.75) is 38.0 Å². The molecule has 0 radical (unpaired) electrons. The van der Waals surface area contributed by atoms with E-state index >= 15 is 0 Å². The molecular formula is C17H15ClFNO4. The Labute approximate surface area is 143 Å². The molecule has 0 aromatic rings. The minimum atomic E-state index is -0.858. The van der Waals surface area contributed by atoms with Gasteiger partial charge in [0.1, 0.15) is 5.83 Å². The summed E-state index contributed by atoms with van der Waals surface area (Å²) in [6.45, 7) is 1.22. The van der Waals surface area contributed by atoms with Crippen LogP contribution in [0.2, 0.25) is 0 Å². The van der Waals surface area contributed by atoms with Gasteiger partial charge >= 0.3 is 5.97 Å². The molecule has 3 rings (SSSR count). The molecule has 1 unspecified atom stereocenters. The van der Waals surface area contributed by atoms with Crippen LogP contribution in [-0.4, -0.2) is 28.1 Å². The normalized spacial score (nSPS) is 25.7. The maximum atomic E-state index is 14.4. The van der Waals surface area contributed by atoms with Crippen molar-refractivity contribution >= 4 is 29.4 Å². The third-order valence-electron chi connectivity index (χ3n) is 4.15. The van der Waals surface area contributed by atoms with Crippen molar-refractivity contribution < 1.29 is 23.5 Å². The van der Waals surface area contributed by atoms with Gasteiger partial charge in [-0.25, -0.2) is 9.29 Å². The lowest BCUT2D eigenvalue weighted by Crippen LogP contribution is -2.32. The van der Waals surface area contributed by atoms with Crippen LogP contribution in [-0.2, 0) is 19.1 Å². The molecule has 126 valence electrons. The first-order chi connectivity index (χ1) is 11.4. The van der Waals surface area contributed by atoms with Crippen LogP contribution in [0.15, 0.2) is 46.7 Å². The fraction of sp³-hybridized carbons (Fsp3) is 0.353. The molecule has 0 bridgehead atoms. The highest BCUT2D eigenvalue weighted by molar-refractivity contribution is 6.24. The van der Waals surface area contributed by atoms with Gasteiger partial charge < -0.3 is 4.74 Å². The van der Waals surface area contributed by atoms with Gasteiger partial charge in [0.2, 0.25) is 0 Å². The quantitative estimate of drug-likeness (QED) is 0.332. The number of allylic oxidation sites excluding steroid dienone is 4. The van der Waals surface area contributed by atoms with E-state index in [4.69, 9.17) is 16.3 Å². The first-order valence-electron chi connectivity index (χ1n) is 7.61. The van der Waals surface area contributed by atoms with E-state index in [1.165, 1.54) is 13.0 Å². The second-order valence-electron chi connectivity index (χ2n) is 5.78. The fourth-order valence-corrected chi connectivity index (χ4v) is 3.22. The summed E-state index contributed by atoms with van der Waals surface area (Å²) in [6.07, 6.45) is 6.18. The number of hydrogen-bond acceptors (Lipinski definition) is 4. The van der Waals surface area contributed by atoms with Crippen LogP contribution >= 0.6 is 11.6 Å². The number of hydrogen-bond donors (Lipinski definition) is 0. The van der Waals surface area contributed by atoms with E-state index in [0.29, 0.717) is 24.0 Å². The molecule has 1 atom stereocenters. The zero-order valence-corrected chi connectivity index (χ0v) is 13.7.